The second kappa shape index (κ2) is 7.95. The zero-order valence-corrected chi connectivity index (χ0v) is 18.4. The monoisotopic (exact) mass is 432 g/mol. The number of nitrogens with zero attached hydrogens (tertiary/aromatic N) is 7. The predicted molar refractivity (Wildman–Crippen MR) is 119 cm³/mol. The Labute approximate surface area is 185 Å². The molecule has 10 heteroatoms. The van der Waals surface area contributed by atoms with Crippen LogP contribution in [-0.2, 0) is 14.1 Å². The van der Waals surface area contributed by atoms with Crippen molar-refractivity contribution in [1.82, 2.24) is 34.5 Å². The van der Waals surface area contributed by atoms with Crippen LogP contribution in [0.5, 0.6) is 11.6 Å². The first kappa shape index (κ1) is 20.0. The van der Waals surface area contributed by atoms with Crippen LogP contribution in [0.4, 0.5) is 11.6 Å². The lowest BCUT2D eigenvalue weighted by molar-refractivity contribution is 0.173. The predicted octanol–water partition coefficient (Wildman–Crippen LogP) is 3.27. The van der Waals surface area contributed by atoms with E-state index in [0.29, 0.717) is 36.4 Å². The fourth-order valence-electron chi connectivity index (χ4n) is 3.61. The highest BCUT2D eigenvalue weighted by molar-refractivity contribution is 5.73. The van der Waals surface area contributed by atoms with E-state index in [0.717, 1.165) is 28.1 Å². The van der Waals surface area contributed by atoms with E-state index in [-0.39, 0.29) is 6.10 Å². The van der Waals surface area contributed by atoms with Crippen molar-refractivity contribution in [3.05, 3.63) is 42.6 Å². The van der Waals surface area contributed by atoms with Gasteiger partial charge in [-0.15, -0.1) is 0 Å². The minimum absolute atomic E-state index is 0.0883. The van der Waals surface area contributed by atoms with Crippen LogP contribution >= 0.6 is 0 Å². The van der Waals surface area contributed by atoms with Crippen LogP contribution in [-0.4, -0.2) is 47.2 Å². The number of aryl methyl sites for hydroxylation is 2. The molecule has 0 saturated carbocycles. The van der Waals surface area contributed by atoms with Crippen LogP contribution in [0.25, 0.3) is 22.5 Å². The number of hydrogen-bond donors (Lipinski definition) is 1. The van der Waals surface area contributed by atoms with Gasteiger partial charge < -0.3 is 14.8 Å². The number of pyridine rings is 1. The van der Waals surface area contributed by atoms with Gasteiger partial charge in [-0.3, -0.25) is 4.68 Å². The normalized spacial score (nSPS) is 15.7. The summed E-state index contributed by atoms with van der Waals surface area (Å²) in [4.78, 5) is 13.6. The van der Waals surface area contributed by atoms with Gasteiger partial charge in [0.25, 0.3) is 0 Å². The summed E-state index contributed by atoms with van der Waals surface area (Å²) in [7, 11) is 3.75. The first-order valence-electron chi connectivity index (χ1n) is 10.4. The molecule has 0 spiro atoms. The number of rotatable bonds is 1. The van der Waals surface area contributed by atoms with Crippen LogP contribution in [0.2, 0.25) is 0 Å². The molecule has 32 heavy (non-hydrogen) atoms. The van der Waals surface area contributed by atoms with E-state index in [2.05, 4.69) is 30.5 Å². The molecule has 1 N–H and O–H groups in total. The van der Waals surface area contributed by atoms with Crippen LogP contribution in [0.3, 0.4) is 0 Å². The van der Waals surface area contributed by atoms with Crippen molar-refractivity contribution in [2.45, 2.75) is 26.4 Å². The van der Waals surface area contributed by atoms with E-state index in [4.69, 9.17) is 9.47 Å². The molecule has 5 rings (SSSR count). The first-order valence-corrected chi connectivity index (χ1v) is 10.4. The molecule has 5 heterocycles. The molecule has 0 fully saturated rings. The van der Waals surface area contributed by atoms with Gasteiger partial charge in [0, 0.05) is 55.8 Å². The van der Waals surface area contributed by atoms with Gasteiger partial charge in [0.05, 0.1) is 25.1 Å². The summed E-state index contributed by atoms with van der Waals surface area (Å²) in [6.07, 6.45) is 7.63. The van der Waals surface area contributed by atoms with E-state index >= 15 is 0 Å². The average molecular weight is 432 g/mol. The molecule has 4 bridgehead atoms. The SMILES string of the molecule is Cc1c(-c2cnc3cc2O[C@@H](C)CCOc2c(cnn2C)-c2nccc(n2)N3)cnn1C. The third kappa shape index (κ3) is 3.64. The summed E-state index contributed by atoms with van der Waals surface area (Å²) in [6.45, 7) is 4.51. The Hall–Kier alpha value is -3.95. The molecule has 4 aromatic rings. The van der Waals surface area contributed by atoms with E-state index in [1.165, 1.54) is 0 Å². The summed E-state index contributed by atoms with van der Waals surface area (Å²) in [5, 5.41) is 11.9. The van der Waals surface area contributed by atoms with E-state index in [1.54, 1.807) is 29.3 Å². The maximum atomic E-state index is 6.35. The molecule has 0 amide bonds. The number of ether oxygens (including phenoxy) is 2. The molecule has 0 aliphatic carbocycles. The highest BCUT2D eigenvalue weighted by atomic mass is 16.5. The third-order valence-corrected chi connectivity index (χ3v) is 5.52. The van der Waals surface area contributed by atoms with E-state index in [9.17, 15) is 0 Å². The molecule has 164 valence electrons. The van der Waals surface area contributed by atoms with Crippen molar-refractivity contribution in [3.63, 3.8) is 0 Å². The quantitative estimate of drug-likeness (QED) is 0.489. The summed E-state index contributed by atoms with van der Waals surface area (Å²) in [5.41, 5.74) is 3.64. The second-order valence-corrected chi connectivity index (χ2v) is 7.78. The molecule has 10 nitrogen and oxygen atoms in total. The van der Waals surface area contributed by atoms with Crippen LogP contribution in [0.15, 0.2) is 36.9 Å². The standard InChI is InChI=1S/C22H24N8O2/c1-13-6-8-31-22-17(12-26-30(22)4)21-23-7-5-19(28-21)27-20-9-18(32-13)16(10-24-20)15-11-25-29(3)14(15)2/h5,7,9-13H,6,8H2,1-4H3,(H,23,24,27,28)/t13-/m0/s1. The van der Waals surface area contributed by atoms with Crippen molar-refractivity contribution >= 4 is 11.6 Å². The average Bonchev–Trinajstić information content (AvgIpc) is 3.30. The number of hydrogen-bond acceptors (Lipinski definition) is 8. The minimum Gasteiger partial charge on any atom is -0.490 e. The molecule has 0 unspecified atom stereocenters. The van der Waals surface area contributed by atoms with Gasteiger partial charge in [-0.05, 0) is 19.9 Å². The summed E-state index contributed by atoms with van der Waals surface area (Å²) >= 11 is 0. The van der Waals surface area contributed by atoms with Gasteiger partial charge in [-0.2, -0.15) is 10.2 Å². The van der Waals surface area contributed by atoms with E-state index < -0.39 is 0 Å². The zero-order valence-electron chi connectivity index (χ0n) is 18.4. The largest absolute Gasteiger partial charge is 0.490 e. The van der Waals surface area contributed by atoms with Crippen LogP contribution < -0.4 is 14.8 Å². The molecule has 0 saturated heterocycles. The summed E-state index contributed by atoms with van der Waals surface area (Å²) in [6, 6.07) is 3.68. The Morgan fingerprint density at radius 1 is 1.00 bits per heavy atom. The minimum atomic E-state index is -0.0883. The van der Waals surface area contributed by atoms with Gasteiger partial charge in [-0.25, -0.2) is 19.6 Å². The van der Waals surface area contributed by atoms with E-state index in [1.807, 2.05) is 44.9 Å². The Kier molecular flexibility index (Phi) is 4.96. The van der Waals surface area contributed by atoms with Gasteiger partial charge >= 0.3 is 0 Å². The topological polar surface area (TPSA) is 105 Å². The van der Waals surface area contributed by atoms with Crippen LogP contribution in [0.1, 0.15) is 19.0 Å². The van der Waals surface area contributed by atoms with Crippen molar-refractivity contribution in [2.24, 2.45) is 14.1 Å². The van der Waals surface area contributed by atoms with Gasteiger partial charge in [0.15, 0.2) is 5.82 Å². The lowest BCUT2D eigenvalue weighted by atomic mass is 10.1. The molecule has 0 radical (unpaired) electrons. The van der Waals surface area contributed by atoms with Crippen LogP contribution in [0, 0.1) is 6.92 Å². The van der Waals surface area contributed by atoms with Crippen molar-refractivity contribution < 1.29 is 9.47 Å². The smallest absolute Gasteiger partial charge is 0.222 e. The molecule has 1 atom stereocenters. The molecular weight excluding hydrogens is 408 g/mol. The second-order valence-electron chi connectivity index (χ2n) is 7.78. The number of anilines is 2. The summed E-state index contributed by atoms with van der Waals surface area (Å²) in [5.74, 6) is 3.11. The summed E-state index contributed by atoms with van der Waals surface area (Å²) < 4.78 is 15.9. The highest BCUT2D eigenvalue weighted by Gasteiger charge is 2.19. The maximum absolute atomic E-state index is 6.35. The maximum Gasteiger partial charge on any atom is 0.222 e. The number of fused-ring (bicyclic) bond motifs is 6. The highest BCUT2D eigenvalue weighted by Crippen LogP contribution is 2.35. The van der Waals surface area contributed by atoms with Gasteiger partial charge in [0.1, 0.15) is 22.9 Å². The Morgan fingerprint density at radius 2 is 1.81 bits per heavy atom. The Balaban J connectivity index is 1.59. The zero-order chi connectivity index (χ0) is 22.2. The van der Waals surface area contributed by atoms with Crippen molar-refractivity contribution in [3.8, 4) is 34.1 Å². The number of aromatic nitrogens is 7. The molecule has 0 aromatic carbocycles. The van der Waals surface area contributed by atoms with Gasteiger partial charge in [-0.1, -0.05) is 0 Å². The number of nitrogens with one attached hydrogen (secondary N) is 1. The molecule has 4 aromatic heterocycles. The third-order valence-electron chi connectivity index (χ3n) is 5.52. The molecular formula is C22H24N8O2. The van der Waals surface area contributed by atoms with Gasteiger partial charge in [0.2, 0.25) is 5.88 Å². The fourth-order valence-corrected chi connectivity index (χ4v) is 3.61. The van der Waals surface area contributed by atoms with Crippen molar-refractivity contribution in [1.29, 1.82) is 0 Å². The molecule has 1 aliphatic rings. The van der Waals surface area contributed by atoms with Crippen molar-refractivity contribution in [2.75, 3.05) is 11.9 Å². The lowest BCUT2D eigenvalue weighted by Crippen LogP contribution is -2.17. The molecule has 1 aliphatic heterocycles. The Morgan fingerprint density at radius 3 is 2.62 bits per heavy atom. The first-order chi connectivity index (χ1) is 15.5. The fraction of sp³-hybridized carbons (Fsp3) is 0.318. The Bertz CT molecular complexity index is 1280. The lowest BCUT2D eigenvalue weighted by Gasteiger charge is -2.19.